The Morgan fingerprint density at radius 3 is 2.30 bits per heavy atom. The van der Waals surface area contributed by atoms with E-state index in [1.165, 1.54) is 31.0 Å². The molecule has 0 radical (unpaired) electrons. The number of sulfonamides is 1. The lowest BCUT2D eigenvalue weighted by atomic mass is 10.1. The van der Waals surface area contributed by atoms with Gasteiger partial charge >= 0.3 is 0 Å². The zero-order valence-electron chi connectivity index (χ0n) is 18.0. The minimum Gasteiger partial charge on any atom is -0.497 e. The van der Waals surface area contributed by atoms with Gasteiger partial charge in [-0.15, -0.1) is 11.8 Å². The lowest BCUT2D eigenvalue weighted by Crippen LogP contribution is -2.27. The van der Waals surface area contributed by atoms with Crippen LogP contribution >= 0.6 is 11.8 Å². The summed E-state index contributed by atoms with van der Waals surface area (Å²) in [4.78, 5) is 13.0. The van der Waals surface area contributed by atoms with Crippen molar-refractivity contribution in [1.82, 2.24) is 4.72 Å². The summed E-state index contributed by atoms with van der Waals surface area (Å²) in [6.07, 6.45) is 1.87. The van der Waals surface area contributed by atoms with Crippen molar-refractivity contribution in [2.45, 2.75) is 36.6 Å². The molecule has 1 atom stereocenters. The quantitative estimate of drug-likeness (QED) is 0.557. The molecule has 9 heteroatoms. The van der Waals surface area contributed by atoms with E-state index in [2.05, 4.69) is 10.0 Å². The third kappa shape index (κ3) is 5.68. The Balaban J connectivity index is 2.36. The first-order valence-corrected chi connectivity index (χ1v) is 12.1. The lowest BCUT2D eigenvalue weighted by molar-refractivity contribution is -0.118. The number of hydrogen-bond donors (Lipinski definition) is 2. The van der Waals surface area contributed by atoms with Crippen LogP contribution in [0.1, 0.15) is 32.4 Å². The molecule has 0 bridgehead atoms. The number of rotatable bonds is 9. The predicted octanol–water partition coefficient (Wildman–Crippen LogP) is 4.06. The molecule has 0 aliphatic carbocycles. The summed E-state index contributed by atoms with van der Waals surface area (Å²) in [5, 5.41) is 2.80. The van der Waals surface area contributed by atoms with Crippen LogP contribution in [0.4, 0.5) is 5.69 Å². The third-order valence-corrected chi connectivity index (χ3v) is 6.83. The number of carbonyl (C=O) groups is 1. The number of nitrogens with one attached hydrogen (secondary N) is 2. The first kappa shape index (κ1) is 24.0. The van der Waals surface area contributed by atoms with Crippen LogP contribution in [0, 0.1) is 5.92 Å². The summed E-state index contributed by atoms with van der Waals surface area (Å²) in [5.74, 6) is 0.745. The van der Waals surface area contributed by atoms with E-state index in [4.69, 9.17) is 9.47 Å². The highest BCUT2D eigenvalue weighted by atomic mass is 32.2. The molecule has 2 aromatic carbocycles. The highest BCUT2D eigenvalue weighted by molar-refractivity contribution is 7.98. The smallest absolute Gasteiger partial charge is 0.241 e. The van der Waals surface area contributed by atoms with Gasteiger partial charge in [0.1, 0.15) is 11.5 Å². The van der Waals surface area contributed by atoms with Crippen LogP contribution in [0.5, 0.6) is 11.5 Å². The SMILES string of the molecule is COc1ccc(OC)c(C(C)NS(=O)(=O)c2ccc(SC)c(NC(=O)C(C)C)c2)c1. The summed E-state index contributed by atoms with van der Waals surface area (Å²) in [6.45, 7) is 5.28. The van der Waals surface area contributed by atoms with Gasteiger partial charge in [0, 0.05) is 22.4 Å². The number of hydrogen-bond acceptors (Lipinski definition) is 6. The molecule has 7 nitrogen and oxygen atoms in total. The van der Waals surface area contributed by atoms with E-state index in [1.807, 2.05) is 6.26 Å². The molecule has 0 saturated carbocycles. The minimum atomic E-state index is -3.86. The highest BCUT2D eigenvalue weighted by Crippen LogP contribution is 2.32. The first-order valence-electron chi connectivity index (χ1n) is 9.36. The molecule has 0 aliphatic rings. The van der Waals surface area contributed by atoms with Crippen molar-refractivity contribution < 1.29 is 22.7 Å². The highest BCUT2D eigenvalue weighted by Gasteiger charge is 2.23. The molecule has 0 heterocycles. The van der Waals surface area contributed by atoms with Crippen molar-refractivity contribution >= 4 is 33.4 Å². The summed E-state index contributed by atoms with van der Waals surface area (Å²) in [5.41, 5.74) is 1.12. The lowest BCUT2D eigenvalue weighted by Gasteiger charge is -2.19. The fourth-order valence-electron chi connectivity index (χ4n) is 2.77. The Hall–Kier alpha value is -2.23. The molecule has 2 rings (SSSR count). The van der Waals surface area contributed by atoms with E-state index < -0.39 is 16.1 Å². The Morgan fingerprint density at radius 2 is 1.73 bits per heavy atom. The van der Waals surface area contributed by atoms with Gasteiger partial charge in [-0.2, -0.15) is 0 Å². The normalized spacial score (nSPS) is 12.5. The van der Waals surface area contributed by atoms with Crippen LogP contribution in [0.15, 0.2) is 46.2 Å². The van der Waals surface area contributed by atoms with Crippen molar-refractivity contribution in [2.24, 2.45) is 5.92 Å². The molecule has 30 heavy (non-hydrogen) atoms. The monoisotopic (exact) mass is 452 g/mol. The van der Waals surface area contributed by atoms with E-state index in [0.29, 0.717) is 22.7 Å². The van der Waals surface area contributed by atoms with Crippen molar-refractivity contribution in [3.05, 3.63) is 42.0 Å². The van der Waals surface area contributed by atoms with Crippen LogP contribution < -0.4 is 19.5 Å². The molecule has 2 aromatic rings. The molecule has 1 unspecified atom stereocenters. The van der Waals surface area contributed by atoms with Crippen LogP contribution in [-0.2, 0) is 14.8 Å². The Bertz CT molecular complexity index is 1010. The topological polar surface area (TPSA) is 93.7 Å². The van der Waals surface area contributed by atoms with Gasteiger partial charge in [0.25, 0.3) is 0 Å². The van der Waals surface area contributed by atoms with Gasteiger partial charge < -0.3 is 14.8 Å². The molecule has 0 aromatic heterocycles. The Labute approximate surface area is 182 Å². The number of anilines is 1. The van der Waals surface area contributed by atoms with Gasteiger partial charge in [0.2, 0.25) is 15.9 Å². The third-order valence-electron chi connectivity index (χ3n) is 4.50. The maximum Gasteiger partial charge on any atom is 0.241 e. The number of methoxy groups -OCH3 is 2. The van der Waals surface area contributed by atoms with E-state index in [1.54, 1.807) is 52.1 Å². The standard InChI is InChI=1S/C21H28N2O5S2/c1-13(2)21(24)22-18-12-16(8-10-20(18)29-6)30(25,26)23-14(3)17-11-15(27-4)7-9-19(17)28-5/h7-14,23H,1-6H3,(H,22,24). The summed E-state index contributed by atoms with van der Waals surface area (Å²) in [6, 6.07) is 9.32. The zero-order chi connectivity index (χ0) is 22.5. The second kappa shape index (κ2) is 10.2. The van der Waals surface area contributed by atoms with Crippen LogP contribution in [0.2, 0.25) is 0 Å². The van der Waals surface area contributed by atoms with E-state index in [-0.39, 0.29) is 16.7 Å². The van der Waals surface area contributed by atoms with Gasteiger partial charge in [0.05, 0.1) is 24.8 Å². The molecular formula is C21H28N2O5S2. The van der Waals surface area contributed by atoms with Gasteiger partial charge in [0.15, 0.2) is 0 Å². The van der Waals surface area contributed by atoms with Crippen LogP contribution in [-0.4, -0.2) is 34.8 Å². The average molecular weight is 453 g/mol. The average Bonchev–Trinajstić information content (AvgIpc) is 2.72. The largest absolute Gasteiger partial charge is 0.497 e. The van der Waals surface area contributed by atoms with Crippen molar-refractivity contribution in [3.63, 3.8) is 0 Å². The van der Waals surface area contributed by atoms with Gasteiger partial charge in [-0.1, -0.05) is 13.8 Å². The van der Waals surface area contributed by atoms with Crippen molar-refractivity contribution in [3.8, 4) is 11.5 Å². The fraction of sp³-hybridized carbons (Fsp3) is 0.381. The molecule has 1 amide bonds. The molecular weight excluding hydrogens is 424 g/mol. The van der Waals surface area contributed by atoms with Gasteiger partial charge in [-0.05, 0) is 49.6 Å². The number of thioether (sulfide) groups is 1. The van der Waals surface area contributed by atoms with Crippen molar-refractivity contribution in [2.75, 3.05) is 25.8 Å². The summed E-state index contributed by atoms with van der Waals surface area (Å²) < 4.78 is 39.4. The maximum atomic E-state index is 13.0. The number of ether oxygens (including phenoxy) is 2. The molecule has 2 N–H and O–H groups in total. The Kier molecular flexibility index (Phi) is 8.17. The second-order valence-electron chi connectivity index (χ2n) is 6.96. The molecule has 164 valence electrons. The number of amides is 1. The van der Waals surface area contributed by atoms with E-state index in [9.17, 15) is 13.2 Å². The van der Waals surface area contributed by atoms with Gasteiger partial charge in [-0.3, -0.25) is 4.79 Å². The fourth-order valence-corrected chi connectivity index (χ4v) is 4.55. The van der Waals surface area contributed by atoms with E-state index in [0.717, 1.165) is 4.90 Å². The van der Waals surface area contributed by atoms with Crippen molar-refractivity contribution in [1.29, 1.82) is 0 Å². The van der Waals surface area contributed by atoms with Gasteiger partial charge in [-0.25, -0.2) is 13.1 Å². The predicted molar refractivity (Wildman–Crippen MR) is 120 cm³/mol. The number of benzene rings is 2. The van der Waals surface area contributed by atoms with Crippen LogP contribution in [0.25, 0.3) is 0 Å². The van der Waals surface area contributed by atoms with Crippen LogP contribution in [0.3, 0.4) is 0 Å². The maximum absolute atomic E-state index is 13.0. The number of carbonyl (C=O) groups excluding carboxylic acids is 1. The molecule has 0 spiro atoms. The molecule has 0 aliphatic heterocycles. The minimum absolute atomic E-state index is 0.0630. The first-order chi connectivity index (χ1) is 14.1. The summed E-state index contributed by atoms with van der Waals surface area (Å²) in [7, 11) is -0.795. The van der Waals surface area contributed by atoms with E-state index >= 15 is 0 Å². The molecule has 0 fully saturated rings. The Morgan fingerprint density at radius 1 is 1.03 bits per heavy atom. The molecule has 0 saturated heterocycles. The second-order valence-corrected chi connectivity index (χ2v) is 9.52. The zero-order valence-corrected chi connectivity index (χ0v) is 19.6. The summed E-state index contributed by atoms with van der Waals surface area (Å²) >= 11 is 1.43.